The molecule has 0 saturated carbocycles. The van der Waals surface area contributed by atoms with Crippen LogP contribution in [0.4, 0.5) is 0 Å². The van der Waals surface area contributed by atoms with Crippen LogP contribution in [0.1, 0.15) is 31.2 Å². The summed E-state index contributed by atoms with van der Waals surface area (Å²) in [6, 6.07) is 8.02. The van der Waals surface area contributed by atoms with Gasteiger partial charge in [0.2, 0.25) is 5.91 Å². The molecule has 0 aliphatic rings. The van der Waals surface area contributed by atoms with Crippen LogP contribution in [0.5, 0.6) is 5.75 Å². The van der Waals surface area contributed by atoms with Crippen LogP contribution in [-0.4, -0.2) is 25.6 Å². The number of nitrogens with one attached hydrogen (secondary N) is 1. The lowest BCUT2D eigenvalue weighted by Gasteiger charge is -2.07. The summed E-state index contributed by atoms with van der Waals surface area (Å²) in [7, 11) is 0. The van der Waals surface area contributed by atoms with Crippen molar-refractivity contribution in [1.29, 1.82) is 0 Å². The summed E-state index contributed by atoms with van der Waals surface area (Å²) in [6.07, 6.45) is 3.14. The molecule has 1 aromatic carbocycles. The maximum absolute atomic E-state index is 11.3. The van der Waals surface area contributed by atoms with Gasteiger partial charge in [0.05, 0.1) is 6.61 Å². The third kappa shape index (κ3) is 8.77. The Morgan fingerprint density at radius 2 is 1.90 bits per heavy atom. The van der Waals surface area contributed by atoms with E-state index in [1.807, 2.05) is 24.3 Å². The van der Waals surface area contributed by atoms with Gasteiger partial charge in [-0.15, -0.1) is 12.4 Å². The molecule has 1 aromatic rings. The second-order valence-electron chi connectivity index (χ2n) is 4.61. The van der Waals surface area contributed by atoms with Gasteiger partial charge in [-0.05, 0) is 44.9 Å². The SMILES string of the molecule is Cc1ccc(OCCCCNC(=O)CCCN)cc1.Cl. The smallest absolute Gasteiger partial charge is 0.220 e. The predicted octanol–water partition coefficient (Wildman–Crippen LogP) is 2.43. The number of benzene rings is 1. The molecule has 0 unspecified atom stereocenters. The van der Waals surface area contributed by atoms with E-state index in [4.69, 9.17) is 10.5 Å². The molecule has 5 heteroatoms. The van der Waals surface area contributed by atoms with Gasteiger partial charge in [-0.25, -0.2) is 0 Å². The lowest BCUT2D eigenvalue weighted by atomic mass is 10.2. The first-order valence-corrected chi connectivity index (χ1v) is 6.88. The number of carbonyl (C=O) groups excluding carboxylic acids is 1. The van der Waals surface area contributed by atoms with Crippen LogP contribution in [0.2, 0.25) is 0 Å². The largest absolute Gasteiger partial charge is 0.494 e. The van der Waals surface area contributed by atoms with E-state index < -0.39 is 0 Å². The van der Waals surface area contributed by atoms with Gasteiger partial charge in [0.25, 0.3) is 0 Å². The van der Waals surface area contributed by atoms with E-state index in [1.165, 1.54) is 5.56 Å². The van der Waals surface area contributed by atoms with Crippen LogP contribution in [-0.2, 0) is 4.79 Å². The lowest BCUT2D eigenvalue weighted by Crippen LogP contribution is -2.25. The minimum atomic E-state index is 0. The van der Waals surface area contributed by atoms with Crippen molar-refractivity contribution in [3.8, 4) is 5.75 Å². The summed E-state index contributed by atoms with van der Waals surface area (Å²) >= 11 is 0. The molecule has 1 amide bonds. The van der Waals surface area contributed by atoms with Crippen molar-refractivity contribution in [3.63, 3.8) is 0 Å². The van der Waals surface area contributed by atoms with Crippen LogP contribution >= 0.6 is 12.4 Å². The number of amides is 1. The Bertz CT molecular complexity index is 369. The summed E-state index contributed by atoms with van der Waals surface area (Å²) in [6.45, 7) is 4.01. The molecule has 0 aromatic heterocycles. The number of ether oxygens (including phenoxy) is 1. The fourth-order valence-corrected chi connectivity index (χ4v) is 1.63. The zero-order valence-electron chi connectivity index (χ0n) is 12.1. The Hall–Kier alpha value is -1.26. The van der Waals surface area contributed by atoms with Gasteiger partial charge in [0, 0.05) is 13.0 Å². The first-order chi connectivity index (χ1) is 9.22. The fourth-order valence-electron chi connectivity index (χ4n) is 1.63. The first-order valence-electron chi connectivity index (χ1n) is 6.88. The monoisotopic (exact) mass is 300 g/mol. The number of carbonyl (C=O) groups is 1. The molecule has 1 rings (SSSR count). The number of rotatable bonds is 9. The number of unbranched alkanes of at least 4 members (excludes halogenated alkanes) is 1. The van der Waals surface area contributed by atoms with Crippen molar-refractivity contribution >= 4 is 18.3 Å². The van der Waals surface area contributed by atoms with Gasteiger partial charge in [-0.3, -0.25) is 4.79 Å². The number of hydrogen-bond acceptors (Lipinski definition) is 3. The summed E-state index contributed by atoms with van der Waals surface area (Å²) in [5.41, 5.74) is 6.57. The molecule has 3 N–H and O–H groups in total. The summed E-state index contributed by atoms with van der Waals surface area (Å²) in [5.74, 6) is 0.988. The topological polar surface area (TPSA) is 64.3 Å². The molecule has 0 radical (unpaired) electrons. The maximum atomic E-state index is 11.3. The van der Waals surface area contributed by atoms with Gasteiger partial charge in [0.15, 0.2) is 0 Å². The second kappa shape index (κ2) is 11.6. The fraction of sp³-hybridized carbons (Fsp3) is 0.533. The molecule has 0 heterocycles. The zero-order valence-corrected chi connectivity index (χ0v) is 12.9. The van der Waals surface area contributed by atoms with Gasteiger partial charge >= 0.3 is 0 Å². The van der Waals surface area contributed by atoms with Gasteiger partial charge in [0.1, 0.15) is 5.75 Å². The average molecular weight is 301 g/mol. The number of halogens is 1. The number of aryl methyl sites for hydroxylation is 1. The molecular weight excluding hydrogens is 276 g/mol. The van der Waals surface area contributed by atoms with Crippen LogP contribution in [0.3, 0.4) is 0 Å². The van der Waals surface area contributed by atoms with Crippen molar-refractivity contribution in [2.24, 2.45) is 5.73 Å². The highest BCUT2D eigenvalue weighted by Crippen LogP contribution is 2.11. The highest BCUT2D eigenvalue weighted by atomic mass is 35.5. The van der Waals surface area contributed by atoms with Crippen molar-refractivity contribution in [2.45, 2.75) is 32.6 Å². The minimum Gasteiger partial charge on any atom is -0.494 e. The molecule has 0 spiro atoms. The van der Waals surface area contributed by atoms with Crippen LogP contribution < -0.4 is 15.8 Å². The summed E-state index contributed by atoms with van der Waals surface area (Å²) < 4.78 is 5.60. The van der Waals surface area contributed by atoms with Crippen LogP contribution in [0.15, 0.2) is 24.3 Å². The molecule has 0 bridgehead atoms. The van der Waals surface area contributed by atoms with Gasteiger partial charge < -0.3 is 15.8 Å². The molecule has 4 nitrogen and oxygen atoms in total. The zero-order chi connectivity index (χ0) is 13.9. The second-order valence-corrected chi connectivity index (χ2v) is 4.61. The molecule has 0 saturated heterocycles. The molecule has 114 valence electrons. The molecule has 0 aliphatic heterocycles. The summed E-state index contributed by atoms with van der Waals surface area (Å²) in [4.78, 5) is 11.3. The Kier molecular flexibility index (Phi) is 10.8. The lowest BCUT2D eigenvalue weighted by molar-refractivity contribution is -0.121. The number of hydrogen-bond donors (Lipinski definition) is 2. The van der Waals surface area contributed by atoms with E-state index in [0.29, 0.717) is 26.1 Å². The highest BCUT2D eigenvalue weighted by molar-refractivity contribution is 5.85. The molecule has 20 heavy (non-hydrogen) atoms. The van der Waals surface area contributed by atoms with E-state index in [-0.39, 0.29) is 18.3 Å². The Morgan fingerprint density at radius 3 is 2.55 bits per heavy atom. The van der Waals surface area contributed by atoms with Crippen molar-refractivity contribution in [1.82, 2.24) is 5.32 Å². The Labute approximate surface area is 127 Å². The first kappa shape index (κ1) is 18.7. The highest BCUT2D eigenvalue weighted by Gasteiger charge is 1.99. The quantitative estimate of drug-likeness (QED) is 0.689. The van der Waals surface area contributed by atoms with Crippen molar-refractivity contribution in [3.05, 3.63) is 29.8 Å². The molecule has 0 aliphatic carbocycles. The Morgan fingerprint density at radius 1 is 1.20 bits per heavy atom. The van der Waals surface area contributed by atoms with E-state index in [0.717, 1.165) is 25.0 Å². The normalized spacial score (nSPS) is 9.70. The van der Waals surface area contributed by atoms with Crippen molar-refractivity contribution < 1.29 is 9.53 Å². The third-order valence-corrected chi connectivity index (χ3v) is 2.79. The van der Waals surface area contributed by atoms with E-state index in [9.17, 15) is 4.79 Å². The van der Waals surface area contributed by atoms with Crippen LogP contribution in [0.25, 0.3) is 0 Å². The number of nitrogens with two attached hydrogens (primary N) is 1. The van der Waals surface area contributed by atoms with E-state index in [1.54, 1.807) is 0 Å². The predicted molar refractivity (Wildman–Crippen MR) is 84.5 cm³/mol. The van der Waals surface area contributed by atoms with E-state index in [2.05, 4.69) is 12.2 Å². The minimum absolute atomic E-state index is 0. The molecular formula is C15H25ClN2O2. The maximum Gasteiger partial charge on any atom is 0.220 e. The summed E-state index contributed by atoms with van der Waals surface area (Å²) in [5, 5.41) is 2.87. The Balaban J connectivity index is 0.00000361. The third-order valence-electron chi connectivity index (χ3n) is 2.79. The average Bonchev–Trinajstić information content (AvgIpc) is 2.42. The standard InChI is InChI=1S/C15H24N2O2.ClH/c1-13-6-8-14(9-7-13)19-12-3-2-11-17-15(18)5-4-10-16;/h6-9H,2-5,10-12,16H2,1H3,(H,17,18);1H. The van der Waals surface area contributed by atoms with E-state index >= 15 is 0 Å². The molecule has 0 atom stereocenters. The van der Waals surface area contributed by atoms with Crippen molar-refractivity contribution in [2.75, 3.05) is 19.7 Å². The van der Waals surface area contributed by atoms with Gasteiger partial charge in [-0.2, -0.15) is 0 Å². The van der Waals surface area contributed by atoms with Crippen LogP contribution in [0, 0.1) is 6.92 Å². The molecule has 0 fully saturated rings. The van der Waals surface area contributed by atoms with Gasteiger partial charge in [-0.1, -0.05) is 17.7 Å².